The van der Waals surface area contributed by atoms with Crippen molar-refractivity contribution in [3.63, 3.8) is 0 Å². The van der Waals surface area contributed by atoms with Gasteiger partial charge in [0.15, 0.2) is 0 Å². The average molecular weight is 384 g/mol. The number of hydrogen-bond donors (Lipinski definition) is 4. The summed E-state index contributed by atoms with van der Waals surface area (Å²) in [6.45, 7) is 0. The topological polar surface area (TPSA) is 195 Å². The van der Waals surface area contributed by atoms with Gasteiger partial charge in [-0.25, -0.2) is 4.21 Å². The second-order valence-electron chi connectivity index (χ2n) is 4.03. The summed E-state index contributed by atoms with van der Waals surface area (Å²) in [5.41, 5.74) is 5.42. The number of rotatable bonds is 2. The van der Waals surface area contributed by atoms with Gasteiger partial charge in [0, 0.05) is 11.1 Å². The monoisotopic (exact) mass is 384 g/mol. The molecule has 0 heterocycles. The molecule has 0 bridgehead atoms. The first kappa shape index (κ1) is 19.4. The van der Waals surface area contributed by atoms with Crippen molar-refractivity contribution >= 4 is 48.1 Å². The van der Waals surface area contributed by atoms with Gasteiger partial charge in [0.25, 0.3) is 20.2 Å². The van der Waals surface area contributed by atoms with Crippen molar-refractivity contribution in [1.82, 2.24) is 0 Å². The lowest BCUT2D eigenvalue weighted by molar-refractivity contribution is 0.436. The molecule has 1 unspecified atom stereocenters. The van der Waals surface area contributed by atoms with E-state index in [2.05, 4.69) is 0 Å². The molecular formula is C10H10NO9S3-. The van der Waals surface area contributed by atoms with Crippen LogP contribution >= 0.6 is 0 Å². The number of anilines is 1. The lowest BCUT2D eigenvalue weighted by Gasteiger charge is -2.08. The molecule has 2 aromatic rings. The molecule has 0 aromatic heterocycles. The molecule has 23 heavy (non-hydrogen) atoms. The van der Waals surface area contributed by atoms with E-state index in [0.29, 0.717) is 0 Å². The van der Waals surface area contributed by atoms with Crippen LogP contribution in [0, 0.1) is 0 Å². The van der Waals surface area contributed by atoms with Crippen LogP contribution < -0.4 is 5.73 Å². The highest BCUT2D eigenvalue weighted by Gasteiger charge is 2.19. The normalized spacial score (nSPS) is 13.2. The molecular weight excluding hydrogens is 374 g/mol. The minimum Gasteiger partial charge on any atom is -0.750 e. The summed E-state index contributed by atoms with van der Waals surface area (Å²) in [6, 6.07) is 5.86. The maximum Gasteiger partial charge on any atom is 0.295 e. The highest BCUT2D eigenvalue weighted by molar-refractivity contribution is 7.86. The molecule has 5 N–H and O–H groups in total. The fourth-order valence-electron chi connectivity index (χ4n) is 1.76. The van der Waals surface area contributed by atoms with E-state index in [0.717, 1.165) is 18.2 Å². The number of fused-ring (bicyclic) bond motifs is 1. The predicted molar refractivity (Wildman–Crippen MR) is 79.5 cm³/mol. The van der Waals surface area contributed by atoms with Gasteiger partial charge in [0.05, 0.1) is 16.3 Å². The number of nitrogens with two attached hydrogens (primary N) is 1. The van der Waals surface area contributed by atoms with Crippen LogP contribution in [0.1, 0.15) is 0 Å². The van der Waals surface area contributed by atoms with Crippen molar-refractivity contribution < 1.29 is 39.3 Å². The zero-order chi connectivity index (χ0) is 18.0. The van der Waals surface area contributed by atoms with E-state index in [4.69, 9.17) is 28.2 Å². The maximum atomic E-state index is 11.2. The molecule has 128 valence electrons. The van der Waals surface area contributed by atoms with Gasteiger partial charge in [0.1, 0.15) is 4.90 Å². The van der Waals surface area contributed by atoms with Crippen molar-refractivity contribution in [2.24, 2.45) is 0 Å². The minimum absolute atomic E-state index is 0.00241. The van der Waals surface area contributed by atoms with E-state index in [-0.39, 0.29) is 16.5 Å². The van der Waals surface area contributed by atoms with Crippen LogP contribution in [0.2, 0.25) is 0 Å². The third-order valence-electron chi connectivity index (χ3n) is 2.52. The second-order valence-corrected chi connectivity index (χ2v) is 7.28. The molecule has 0 saturated carbocycles. The van der Waals surface area contributed by atoms with Crippen molar-refractivity contribution in [3.8, 4) is 0 Å². The lowest BCUT2D eigenvalue weighted by Crippen LogP contribution is -2.04. The molecule has 0 aliphatic heterocycles. The van der Waals surface area contributed by atoms with Gasteiger partial charge < -0.3 is 14.8 Å². The van der Waals surface area contributed by atoms with Crippen molar-refractivity contribution in [2.45, 2.75) is 9.79 Å². The Morgan fingerprint density at radius 1 is 1.04 bits per heavy atom. The smallest absolute Gasteiger partial charge is 0.295 e. The molecule has 0 amide bonds. The quantitative estimate of drug-likeness (QED) is 0.316. The Balaban J connectivity index is 0.000000593. The molecule has 13 heteroatoms. The summed E-state index contributed by atoms with van der Waals surface area (Å²) in [7, 11) is -8.95. The van der Waals surface area contributed by atoms with E-state index >= 15 is 0 Å². The highest BCUT2D eigenvalue weighted by Crippen LogP contribution is 2.30. The van der Waals surface area contributed by atoms with Gasteiger partial charge in [0.2, 0.25) is 0 Å². The van der Waals surface area contributed by atoms with Crippen LogP contribution in [-0.4, -0.2) is 39.3 Å². The Kier molecular flexibility index (Phi) is 5.81. The van der Waals surface area contributed by atoms with Crippen molar-refractivity contribution in [3.05, 3.63) is 30.3 Å². The van der Waals surface area contributed by atoms with Gasteiger partial charge in [-0.3, -0.25) is 9.11 Å². The average Bonchev–Trinajstić information content (AvgIpc) is 2.35. The van der Waals surface area contributed by atoms with Crippen molar-refractivity contribution in [2.75, 3.05) is 5.73 Å². The third-order valence-corrected chi connectivity index (χ3v) is 4.25. The van der Waals surface area contributed by atoms with E-state index in [1.165, 1.54) is 12.1 Å². The summed E-state index contributed by atoms with van der Waals surface area (Å²) < 4.78 is 86.6. The van der Waals surface area contributed by atoms with Crippen molar-refractivity contribution in [1.29, 1.82) is 0 Å². The SMILES string of the molecule is Nc1cc(S(=O)(=O)O)cc2cccc(S(=O)(=O)O)c12.O=S([O-])O. The summed E-state index contributed by atoms with van der Waals surface area (Å²) in [4.78, 5) is -0.880. The molecule has 1 atom stereocenters. The fourth-order valence-corrected chi connectivity index (χ4v) is 3.06. The van der Waals surface area contributed by atoms with Gasteiger partial charge in [-0.05, 0) is 23.6 Å². The summed E-state index contributed by atoms with van der Waals surface area (Å²) in [5.74, 6) is 0. The predicted octanol–water partition coefficient (Wildman–Crippen LogP) is 0.254. The largest absolute Gasteiger partial charge is 0.750 e. The molecule has 0 aliphatic carbocycles. The lowest BCUT2D eigenvalue weighted by atomic mass is 10.1. The first-order valence-electron chi connectivity index (χ1n) is 5.39. The van der Waals surface area contributed by atoms with Gasteiger partial charge in [-0.15, -0.1) is 0 Å². The van der Waals surface area contributed by atoms with Gasteiger partial charge >= 0.3 is 0 Å². The molecule has 0 radical (unpaired) electrons. The maximum absolute atomic E-state index is 11.2. The first-order valence-corrected chi connectivity index (χ1v) is 9.31. The molecule has 0 saturated heterocycles. The minimum atomic E-state index is -4.49. The summed E-state index contributed by atoms with van der Waals surface area (Å²) >= 11 is -2.86. The van der Waals surface area contributed by atoms with Crippen LogP contribution in [0.25, 0.3) is 10.8 Å². The second kappa shape index (κ2) is 6.88. The summed E-state index contributed by atoms with van der Waals surface area (Å²) in [6.07, 6.45) is 0. The Hall–Kier alpha value is -1.61. The number of benzene rings is 2. The van der Waals surface area contributed by atoms with E-state index in [1.54, 1.807) is 0 Å². The Bertz CT molecular complexity index is 962. The zero-order valence-electron chi connectivity index (χ0n) is 11.0. The molecule has 2 rings (SSSR count). The van der Waals surface area contributed by atoms with Crippen LogP contribution in [0.15, 0.2) is 40.1 Å². The molecule has 0 spiro atoms. The van der Waals surface area contributed by atoms with Gasteiger partial charge in [-0.1, -0.05) is 12.1 Å². The van der Waals surface area contributed by atoms with Crippen LogP contribution in [-0.2, 0) is 31.6 Å². The Morgan fingerprint density at radius 3 is 2.00 bits per heavy atom. The van der Waals surface area contributed by atoms with E-state index in [9.17, 15) is 16.8 Å². The standard InChI is InChI=1S/C10H9NO6S2.H2O3S/c11-8-5-7(18(12,13)14)4-6-2-1-3-9(10(6)8)19(15,16)17;1-4(2)3/h1-5H,11H2,(H,12,13,14)(H,15,16,17);(H2,1,2,3)/p-1. The molecule has 10 nitrogen and oxygen atoms in total. The molecule has 2 aromatic carbocycles. The first-order chi connectivity index (χ1) is 10.3. The fraction of sp³-hybridized carbons (Fsp3) is 0. The zero-order valence-corrected chi connectivity index (χ0v) is 13.4. The van der Waals surface area contributed by atoms with E-state index < -0.39 is 41.4 Å². The Morgan fingerprint density at radius 2 is 1.57 bits per heavy atom. The Labute approximate surface area is 133 Å². The van der Waals surface area contributed by atoms with E-state index in [1.807, 2.05) is 0 Å². The number of nitrogen functional groups attached to an aromatic ring is 1. The highest BCUT2D eigenvalue weighted by atomic mass is 32.2. The molecule has 0 aliphatic rings. The molecule has 0 fully saturated rings. The number of hydrogen-bond acceptors (Lipinski definition) is 7. The van der Waals surface area contributed by atoms with Crippen LogP contribution in [0.4, 0.5) is 5.69 Å². The van der Waals surface area contributed by atoms with Crippen LogP contribution in [0.5, 0.6) is 0 Å². The van der Waals surface area contributed by atoms with Crippen LogP contribution in [0.3, 0.4) is 0 Å². The third kappa shape index (κ3) is 5.21. The van der Waals surface area contributed by atoms with Gasteiger partial charge in [-0.2, -0.15) is 16.8 Å². The summed E-state index contributed by atoms with van der Waals surface area (Å²) in [5, 5.41) is 0.167.